The van der Waals surface area contributed by atoms with Crippen LogP contribution in [0.3, 0.4) is 0 Å². The first-order chi connectivity index (χ1) is 13.4. The van der Waals surface area contributed by atoms with Gasteiger partial charge in [-0.25, -0.2) is 0 Å². The Balaban J connectivity index is 1.63. The molecular weight excluding hydrogens is 364 g/mol. The molecule has 1 N–H and O–H groups in total. The molecule has 148 valence electrons. The Kier molecular flexibility index (Phi) is 5.26. The Hall–Kier alpha value is -1.80. The Labute approximate surface area is 174 Å². The highest BCUT2D eigenvalue weighted by atomic mass is 35.5. The van der Waals surface area contributed by atoms with E-state index in [1.54, 1.807) is 0 Å². The zero-order chi connectivity index (χ0) is 19.8. The minimum absolute atomic E-state index is 0.147. The van der Waals surface area contributed by atoms with Gasteiger partial charge in [0, 0.05) is 16.1 Å². The molecule has 0 saturated heterocycles. The van der Waals surface area contributed by atoms with E-state index in [1.807, 2.05) is 18.2 Å². The summed E-state index contributed by atoms with van der Waals surface area (Å²) < 4.78 is 0. The third-order valence-electron chi connectivity index (χ3n) is 6.78. The molecular formula is C25H31ClN2. The van der Waals surface area contributed by atoms with Crippen molar-refractivity contribution >= 4 is 23.1 Å². The number of nitrogens with zero attached hydrogens (tertiary/aromatic N) is 1. The second kappa shape index (κ2) is 7.55. The monoisotopic (exact) mass is 394 g/mol. The third-order valence-corrected chi connectivity index (χ3v) is 7.01. The van der Waals surface area contributed by atoms with E-state index in [0.29, 0.717) is 12.0 Å². The average Bonchev–Trinajstić information content (AvgIpc) is 2.66. The summed E-state index contributed by atoms with van der Waals surface area (Å²) in [5, 5.41) is 4.49. The summed E-state index contributed by atoms with van der Waals surface area (Å²) in [6.45, 7) is 7.84. The fourth-order valence-electron chi connectivity index (χ4n) is 4.97. The highest BCUT2D eigenvalue weighted by Gasteiger charge is 2.44. The number of hydrogen-bond acceptors (Lipinski definition) is 1. The van der Waals surface area contributed by atoms with Crippen molar-refractivity contribution in [3.05, 3.63) is 64.7 Å². The summed E-state index contributed by atoms with van der Waals surface area (Å²) in [7, 11) is 0. The lowest BCUT2D eigenvalue weighted by Gasteiger charge is -2.47. The SMILES string of the molecule is CC(C)(C)C1CCC2(CC1)Cc1ccccc1NC2=NCc1cccc(Cl)c1. The van der Waals surface area contributed by atoms with Crippen LogP contribution in [0.25, 0.3) is 0 Å². The maximum absolute atomic E-state index is 6.17. The van der Waals surface area contributed by atoms with Crippen LogP contribution >= 0.6 is 11.6 Å². The van der Waals surface area contributed by atoms with Crippen LogP contribution in [-0.2, 0) is 13.0 Å². The molecule has 0 unspecified atom stereocenters. The number of rotatable bonds is 2. The third kappa shape index (κ3) is 3.98. The summed E-state index contributed by atoms with van der Waals surface area (Å²) in [5.41, 5.74) is 4.35. The van der Waals surface area contributed by atoms with Gasteiger partial charge < -0.3 is 5.32 Å². The molecule has 1 aliphatic carbocycles. The quantitative estimate of drug-likeness (QED) is 0.575. The number of amidine groups is 1. The van der Waals surface area contributed by atoms with Crippen molar-refractivity contribution < 1.29 is 0 Å². The summed E-state index contributed by atoms with van der Waals surface area (Å²) >= 11 is 6.17. The number of hydrogen-bond donors (Lipinski definition) is 1. The Morgan fingerprint density at radius 3 is 2.54 bits per heavy atom. The summed E-state index contributed by atoms with van der Waals surface area (Å²) in [4.78, 5) is 5.10. The number of anilines is 1. The van der Waals surface area contributed by atoms with Gasteiger partial charge in [-0.1, -0.05) is 62.7 Å². The second-order valence-electron chi connectivity index (χ2n) is 9.67. The molecule has 0 atom stereocenters. The lowest BCUT2D eigenvalue weighted by molar-refractivity contribution is 0.125. The van der Waals surface area contributed by atoms with Crippen LogP contribution in [-0.4, -0.2) is 5.84 Å². The fraction of sp³-hybridized carbons (Fsp3) is 0.480. The second-order valence-corrected chi connectivity index (χ2v) is 10.1. The maximum atomic E-state index is 6.17. The van der Waals surface area contributed by atoms with Crippen LogP contribution in [0, 0.1) is 16.7 Å². The van der Waals surface area contributed by atoms with Gasteiger partial charge in [0.15, 0.2) is 0 Å². The number of aliphatic imine (C=N–C) groups is 1. The van der Waals surface area contributed by atoms with Gasteiger partial charge in [-0.15, -0.1) is 0 Å². The Morgan fingerprint density at radius 1 is 1.07 bits per heavy atom. The Morgan fingerprint density at radius 2 is 1.82 bits per heavy atom. The van der Waals surface area contributed by atoms with Crippen molar-refractivity contribution in [3.8, 4) is 0 Å². The number of nitrogens with one attached hydrogen (secondary N) is 1. The summed E-state index contributed by atoms with van der Waals surface area (Å²) in [6.07, 6.45) is 6.09. The van der Waals surface area contributed by atoms with Gasteiger partial charge >= 0.3 is 0 Å². The fourth-order valence-corrected chi connectivity index (χ4v) is 5.18. The van der Waals surface area contributed by atoms with E-state index in [-0.39, 0.29) is 5.41 Å². The molecule has 2 nitrogen and oxygen atoms in total. The number of fused-ring (bicyclic) bond motifs is 1. The first kappa shape index (κ1) is 19.5. The van der Waals surface area contributed by atoms with Gasteiger partial charge in [-0.05, 0) is 72.8 Å². The molecule has 2 aromatic rings. The first-order valence-corrected chi connectivity index (χ1v) is 10.9. The van der Waals surface area contributed by atoms with Gasteiger partial charge in [0.1, 0.15) is 5.84 Å². The molecule has 4 rings (SSSR count). The first-order valence-electron chi connectivity index (χ1n) is 10.5. The smallest absolute Gasteiger partial charge is 0.108 e. The van der Waals surface area contributed by atoms with E-state index >= 15 is 0 Å². The minimum atomic E-state index is 0.147. The maximum Gasteiger partial charge on any atom is 0.108 e. The van der Waals surface area contributed by atoms with Gasteiger partial charge in [-0.2, -0.15) is 0 Å². The predicted octanol–water partition coefficient (Wildman–Crippen LogP) is 7.13. The molecule has 1 fully saturated rings. The van der Waals surface area contributed by atoms with Gasteiger partial charge in [0.05, 0.1) is 6.54 Å². The standard InChI is InChI=1S/C25H31ClN2/c1-24(2,3)20-11-13-25(14-12-20)16-19-8-4-5-10-22(19)28-23(25)27-17-18-7-6-9-21(26)15-18/h4-10,15,20H,11-14,16-17H2,1-3H3,(H,27,28). The van der Waals surface area contributed by atoms with Gasteiger partial charge in [0.2, 0.25) is 0 Å². The molecule has 1 saturated carbocycles. The molecule has 3 heteroatoms. The van der Waals surface area contributed by atoms with Crippen molar-refractivity contribution in [1.29, 1.82) is 0 Å². The molecule has 28 heavy (non-hydrogen) atoms. The number of benzene rings is 2. The molecule has 1 spiro atoms. The van der Waals surface area contributed by atoms with Crippen molar-refractivity contribution in [3.63, 3.8) is 0 Å². The normalized spacial score (nSPS) is 26.1. The van der Waals surface area contributed by atoms with Gasteiger partial charge in [0.25, 0.3) is 0 Å². The summed E-state index contributed by atoms with van der Waals surface area (Å²) in [5.74, 6) is 1.98. The van der Waals surface area contributed by atoms with Crippen LogP contribution in [0.5, 0.6) is 0 Å². The highest BCUT2D eigenvalue weighted by Crippen LogP contribution is 2.50. The molecule has 0 bridgehead atoms. The highest BCUT2D eigenvalue weighted by molar-refractivity contribution is 6.30. The molecule has 0 amide bonds. The molecule has 1 aliphatic heterocycles. The van der Waals surface area contributed by atoms with E-state index in [9.17, 15) is 0 Å². The topological polar surface area (TPSA) is 24.4 Å². The molecule has 2 aromatic carbocycles. The molecule has 2 aliphatic rings. The van der Waals surface area contributed by atoms with Crippen LogP contribution < -0.4 is 5.32 Å². The van der Waals surface area contributed by atoms with Crippen LogP contribution in [0.1, 0.15) is 57.6 Å². The van der Waals surface area contributed by atoms with Crippen LogP contribution in [0.15, 0.2) is 53.5 Å². The van der Waals surface area contributed by atoms with E-state index in [2.05, 4.69) is 56.4 Å². The lowest BCUT2D eigenvalue weighted by Crippen LogP contribution is -2.45. The van der Waals surface area contributed by atoms with Crippen molar-refractivity contribution in [1.82, 2.24) is 0 Å². The van der Waals surface area contributed by atoms with Crippen molar-refractivity contribution in [2.75, 3.05) is 5.32 Å². The largest absolute Gasteiger partial charge is 0.343 e. The van der Waals surface area contributed by atoms with E-state index in [1.165, 1.54) is 48.3 Å². The number of halogens is 1. The molecule has 1 heterocycles. The van der Waals surface area contributed by atoms with Crippen molar-refractivity contribution in [2.45, 2.75) is 59.4 Å². The van der Waals surface area contributed by atoms with E-state index in [0.717, 1.165) is 17.4 Å². The number of para-hydroxylation sites is 1. The van der Waals surface area contributed by atoms with Gasteiger partial charge in [-0.3, -0.25) is 4.99 Å². The summed E-state index contributed by atoms with van der Waals surface area (Å²) in [6, 6.07) is 16.8. The zero-order valence-corrected chi connectivity index (χ0v) is 18.0. The molecule has 0 radical (unpaired) electrons. The van der Waals surface area contributed by atoms with E-state index in [4.69, 9.17) is 16.6 Å². The zero-order valence-electron chi connectivity index (χ0n) is 17.3. The minimum Gasteiger partial charge on any atom is -0.343 e. The van der Waals surface area contributed by atoms with E-state index < -0.39 is 0 Å². The van der Waals surface area contributed by atoms with Crippen LogP contribution in [0.2, 0.25) is 5.02 Å². The predicted molar refractivity (Wildman–Crippen MR) is 120 cm³/mol. The average molecular weight is 395 g/mol. The Bertz CT molecular complexity index is 870. The lowest BCUT2D eigenvalue weighted by atomic mass is 9.61. The van der Waals surface area contributed by atoms with Crippen molar-refractivity contribution in [2.24, 2.45) is 21.7 Å². The molecule has 0 aromatic heterocycles. The van der Waals surface area contributed by atoms with Crippen LogP contribution in [0.4, 0.5) is 5.69 Å².